The summed E-state index contributed by atoms with van der Waals surface area (Å²) in [6.45, 7) is 4.25. The maximum atomic E-state index is 12.9. The lowest BCUT2D eigenvalue weighted by Gasteiger charge is -2.29. The summed E-state index contributed by atoms with van der Waals surface area (Å²) >= 11 is 1.44. The van der Waals surface area contributed by atoms with Gasteiger partial charge >= 0.3 is 12.1 Å². The second-order valence-electron chi connectivity index (χ2n) is 11.1. The highest BCUT2D eigenvalue weighted by molar-refractivity contribution is 8.00. The van der Waals surface area contributed by atoms with Gasteiger partial charge in [-0.05, 0) is 61.8 Å². The minimum absolute atomic E-state index is 0.226. The van der Waals surface area contributed by atoms with Gasteiger partial charge in [0.15, 0.2) is 0 Å². The third-order valence-electron chi connectivity index (χ3n) is 7.04. The van der Waals surface area contributed by atoms with Crippen molar-refractivity contribution in [1.29, 1.82) is 0 Å². The number of aliphatic hydroxyl groups is 1. The summed E-state index contributed by atoms with van der Waals surface area (Å²) in [4.78, 5) is 37.3. The Kier molecular flexibility index (Phi) is 15.9. The number of para-hydroxylation sites is 1. The van der Waals surface area contributed by atoms with Crippen LogP contribution in [-0.2, 0) is 25.5 Å². The molecule has 8 nitrogen and oxygen atoms in total. The highest BCUT2D eigenvalue weighted by Crippen LogP contribution is 2.30. The average molecular weight is 614 g/mol. The SMILES string of the molecule is COC(=O)CCC[C@H](O)[C@@H](C=Cc1ccc(CCCCCOc2ccccc2)cc1)SCC(C)(C)C(=O)N(C)C(=O)OC. The Hall–Kier alpha value is -3.30. The molecule has 2 amide bonds. The third-order valence-corrected chi connectivity index (χ3v) is 8.78. The van der Waals surface area contributed by atoms with Crippen LogP contribution in [-0.4, -0.2) is 73.0 Å². The van der Waals surface area contributed by atoms with E-state index in [1.807, 2.05) is 42.5 Å². The zero-order valence-corrected chi connectivity index (χ0v) is 26.9. The molecule has 9 heteroatoms. The van der Waals surface area contributed by atoms with Crippen LogP contribution in [0.5, 0.6) is 5.75 Å². The van der Waals surface area contributed by atoms with E-state index in [0.717, 1.165) is 48.5 Å². The molecule has 0 saturated heterocycles. The second-order valence-corrected chi connectivity index (χ2v) is 12.3. The van der Waals surface area contributed by atoms with E-state index >= 15 is 0 Å². The molecule has 0 aliphatic rings. The first-order chi connectivity index (χ1) is 20.6. The molecule has 0 unspecified atom stereocenters. The predicted molar refractivity (Wildman–Crippen MR) is 172 cm³/mol. The molecule has 0 aliphatic carbocycles. The Morgan fingerprint density at radius 2 is 1.65 bits per heavy atom. The maximum Gasteiger partial charge on any atom is 0.415 e. The Balaban J connectivity index is 1.94. The van der Waals surface area contributed by atoms with Gasteiger partial charge in [-0.15, -0.1) is 0 Å². The minimum atomic E-state index is -0.874. The summed E-state index contributed by atoms with van der Waals surface area (Å²) in [5.41, 5.74) is 1.40. The van der Waals surface area contributed by atoms with Gasteiger partial charge in [-0.25, -0.2) is 4.79 Å². The number of benzene rings is 2. The van der Waals surface area contributed by atoms with Crippen molar-refractivity contribution in [2.24, 2.45) is 5.41 Å². The summed E-state index contributed by atoms with van der Waals surface area (Å²) in [7, 11) is 3.97. The smallest absolute Gasteiger partial charge is 0.415 e. The lowest BCUT2D eigenvalue weighted by molar-refractivity contribution is -0.140. The van der Waals surface area contributed by atoms with Crippen LogP contribution >= 0.6 is 11.8 Å². The summed E-state index contributed by atoms with van der Waals surface area (Å²) in [5.74, 6) is 0.592. The van der Waals surface area contributed by atoms with Crippen molar-refractivity contribution in [2.45, 2.75) is 70.1 Å². The Bertz CT molecular complexity index is 1150. The third kappa shape index (κ3) is 13.3. The van der Waals surface area contributed by atoms with Crippen LogP contribution in [0.2, 0.25) is 0 Å². The number of thioether (sulfide) groups is 1. The number of esters is 1. The first-order valence-corrected chi connectivity index (χ1v) is 15.8. The Morgan fingerprint density at radius 1 is 0.953 bits per heavy atom. The summed E-state index contributed by atoms with van der Waals surface area (Å²) in [6.07, 6.45) is 7.77. The van der Waals surface area contributed by atoms with Gasteiger partial charge in [0.2, 0.25) is 5.91 Å². The van der Waals surface area contributed by atoms with Crippen molar-refractivity contribution in [3.05, 3.63) is 71.8 Å². The van der Waals surface area contributed by atoms with Crippen LogP contribution in [0.25, 0.3) is 6.08 Å². The molecular weight excluding hydrogens is 566 g/mol. The number of hydrogen-bond donors (Lipinski definition) is 1. The van der Waals surface area contributed by atoms with Crippen molar-refractivity contribution >= 4 is 35.8 Å². The number of aliphatic hydroxyl groups excluding tert-OH is 1. The van der Waals surface area contributed by atoms with E-state index in [0.29, 0.717) is 18.6 Å². The molecule has 0 heterocycles. The van der Waals surface area contributed by atoms with Crippen molar-refractivity contribution < 1.29 is 33.7 Å². The molecule has 0 aromatic heterocycles. The van der Waals surface area contributed by atoms with Crippen LogP contribution < -0.4 is 4.74 Å². The van der Waals surface area contributed by atoms with Gasteiger partial charge in [-0.1, -0.05) is 68.5 Å². The van der Waals surface area contributed by atoms with Crippen LogP contribution in [0.4, 0.5) is 4.79 Å². The second kappa shape index (κ2) is 19.1. The molecule has 1 N–H and O–H groups in total. The van der Waals surface area contributed by atoms with E-state index in [1.165, 1.54) is 38.6 Å². The molecule has 2 aromatic rings. The standard InChI is InChI=1S/C34H47NO7S/c1-34(2,32(38)35(3)33(39)41-5)25-43-30(29(36)16-12-17-31(37)40-4)23-22-27-20-18-26(19-21-27)13-8-7-11-24-42-28-14-9-6-10-15-28/h6,9-10,14-15,18-23,29-30,36H,7-8,11-13,16-17,24-25H2,1-5H3/t29-,30+/m0/s1. The predicted octanol–water partition coefficient (Wildman–Crippen LogP) is 6.55. The van der Waals surface area contributed by atoms with E-state index in [2.05, 4.69) is 29.0 Å². The largest absolute Gasteiger partial charge is 0.494 e. The fraction of sp³-hybridized carbons (Fsp3) is 0.500. The molecule has 0 spiro atoms. The molecule has 2 atom stereocenters. The van der Waals surface area contributed by atoms with Gasteiger partial charge in [-0.3, -0.25) is 14.5 Å². The number of rotatable bonds is 18. The van der Waals surface area contributed by atoms with Crippen molar-refractivity contribution in [1.82, 2.24) is 4.90 Å². The van der Waals surface area contributed by atoms with Crippen LogP contribution in [0.3, 0.4) is 0 Å². The highest BCUT2D eigenvalue weighted by Gasteiger charge is 2.35. The topological polar surface area (TPSA) is 102 Å². The number of methoxy groups -OCH3 is 2. The number of ether oxygens (including phenoxy) is 3. The van der Waals surface area contributed by atoms with Gasteiger partial charge in [0.05, 0.1) is 32.3 Å². The van der Waals surface area contributed by atoms with E-state index in [9.17, 15) is 19.5 Å². The highest BCUT2D eigenvalue weighted by atomic mass is 32.2. The number of amides is 2. The van der Waals surface area contributed by atoms with Crippen molar-refractivity contribution in [2.75, 3.05) is 33.6 Å². The number of nitrogens with zero attached hydrogens (tertiary/aromatic N) is 1. The Labute approximate surface area is 260 Å². The fourth-order valence-corrected chi connectivity index (χ4v) is 5.65. The molecular formula is C34H47NO7S. The molecule has 0 radical (unpaired) electrons. The van der Waals surface area contributed by atoms with E-state index in [4.69, 9.17) is 9.47 Å². The van der Waals surface area contributed by atoms with Crippen molar-refractivity contribution in [3.63, 3.8) is 0 Å². The van der Waals surface area contributed by atoms with E-state index in [1.54, 1.807) is 13.8 Å². The van der Waals surface area contributed by atoms with Gasteiger partial charge < -0.3 is 19.3 Å². The lowest BCUT2D eigenvalue weighted by atomic mass is 9.95. The first kappa shape index (κ1) is 35.9. The molecule has 2 rings (SSSR count). The number of carbonyl (C=O) groups is 3. The fourth-order valence-electron chi connectivity index (χ4n) is 4.37. The van der Waals surface area contributed by atoms with Gasteiger partial charge in [0, 0.05) is 24.5 Å². The Morgan fingerprint density at radius 3 is 2.30 bits per heavy atom. The van der Waals surface area contributed by atoms with E-state index < -0.39 is 17.6 Å². The number of unbranched alkanes of at least 4 members (excludes halogenated alkanes) is 2. The normalized spacial score (nSPS) is 12.9. The number of hydrogen-bond acceptors (Lipinski definition) is 8. The number of imide groups is 1. The zero-order valence-electron chi connectivity index (χ0n) is 26.1. The molecule has 0 saturated carbocycles. The monoisotopic (exact) mass is 613 g/mol. The molecule has 0 bridgehead atoms. The zero-order chi connectivity index (χ0) is 31.7. The molecule has 0 fully saturated rings. The molecule has 43 heavy (non-hydrogen) atoms. The number of aryl methyl sites for hydroxylation is 1. The quantitative estimate of drug-likeness (QED) is 0.149. The lowest BCUT2D eigenvalue weighted by Crippen LogP contribution is -2.43. The first-order valence-electron chi connectivity index (χ1n) is 14.7. The van der Waals surface area contributed by atoms with E-state index in [-0.39, 0.29) is 23.5 Å². The van der Waals surface area contributed by atoms with Gasteiger partial charge in [0.1, 0.15) is 5.75 Å². The molecule has 0 aliphatic heterocycles. The minimum Gasteiger partial charge on any atom is -0.494 e. The summed E-state index contributed by atoms with van der Waals surface area (Å²) in [6, 6.07) is 18.2. The summed E-state index contributed by atoms with van der Waals surface area (Å²) < 4.78 is 15.1. The van der Waals surface area contributed by atoms with Gasteiger partial charge in [0.25, 0.3) is 0 Å². The molecule has 236 valence electrons. The average Bonchev–Trinajstić information content (AvgIpc) is 3.02. The van der Waals surface area contributed by atoms with Crippen LogP contribution in [0.15, 0.2) is 60.7 Å². The van der Waals surface area contributed by atoms with Gasteiger partial charge in [-0.2, -0.15) is 11.8 Å². The van der Waals surface area contributed by atoms with Crippen LogP contribution in [0.1, 0.15) is 63.5 Å². The summed E-state index contributed by atoms with van der Waals surface area (Å²) in [5, 5.41) is 10.7. The maximum absolute atomic E-state index is 12.9. The van der Waals surface area contributed by atoms with Crippen LogP contribution in [0, 0.1) is 5.41 Å². The number of carbonyl (C=O) groups excluding carboxylic acids is 3. The van der Waals surface area contributed by atoms with Crippen molar-refractivity contribution in [3.8, 4) is 5.75 Å². The molecule has 2 aromatic carbocycles.